The number of carbonyl (C=O) groups is 1. The van der Waals surface area contributed by atoms with Crippen LogP contribution in [0.15, 0.2) is 24.3 Å². The molecular weight excluding hydrogens is 240 g/mol. The van der Waals surface area contributed by atoms with E-state index >= 15 is 0 Å². The lowest BCUT2D eigenvalue weighted by Gasteiger charge is -2.23. The fourth-order valence-electron chi connectivity index (χ4n) is 1.65. The molecule has 0 bridgehead atoms. The van der Waals surface area contributed by atoms with Gasteiger partial charge in [-0.05, 0) is 45.6 Å². The smallest absolute Gasteiger partial charge is 0.316 e. The lowest BCUT2D eigenvalue weighted by molar-refractivity contribution is 0.259. The van der Waals surface area contributed by atoms with Crippen LogP contribution in [-0.4, -0.2) is 37.6 Å². The van der Waals surface area contributed by atoms with Gasteiger partial charge in [-0.15, -0.1) is 0 Å². The zero-order valence-corrected chi connectivity index (χ0v) is 12.1. The number of benzene rings is 1. The van der Waals surface area contributed by atoms with Crippen molar-refractivity contribution in [3.63, 3.8) is 0 Å². The summed E-state index contributed by atoms with van der Waals surface area (Å²) in [4.78, 5) is 12.9. The number of hydrogen-bond acceptors (Lipinski definition) is 3. The van der Waals surface area contributed by atoms with Gasteiger partial charge >= 0.3 is 6.03 Å². The lowest BCUT2D eigenvalue weighted by atomic mass is 10.1. The maximum Gasteiger partial charge on any atom is 0.316 e. The summed E-state index contributed by atoms with van der Waals surface area (Å²) in [6.45, 7) is 5.23. The van der Waals surface area contributed by atoms with Crippen molar-refractivity contribution >= 4 is 11.7 Å². The van der Waals surface area contributed by atoms with E-state index in [0.717, 1.165) is 6.54 Å². The second kappa shape index (κ2) is 7.11. The molecule has 106 valence electrons. The van der Waals surface area contributed by atoms with Gasteiger partial charge in [-0.2, -0.15) is 0 Å². The van der Waals surface area contributed by atoms with E-state index in [1.807, 2.05) is 24.3 Å². The number of hydrogen-bond donors (Lipinski definition) is 3. The fraction of sp³-hybridized carbons (Fsp3) is 0.500. The minimum absolute atomic E-state index is 0.269. The Hall–Kier alpha value is -1.59. The number of primary amides is 1. The zero-order valence-electron chi connectivity index (χ0n) is 12.1. The molecular formula is C14H24N4O. The first-order valence-electron chi connectivity index (χ1n) is 6.46. The molecule has 0 aliphatic heterocycles. The minimum atomic E-state index is -0.543. The monoisotopic (exact) mass is 264 g/mol. The van der Waals surface area contributed by atoms with Crippen LogP contribution >= 0.6 is 0 Å². The van der Waals surface area contributed by atoms with Gasteiger partial charge in [0.05, 0.1) is 0 Å². The van der Waals surface area contributed by atoms with Crippen molar-refractivity contribution in [2.75, 3.05) is 26.0 Å². The molecule has 0 radical (unpaired) electrons. The van der Waals surface area contributed by atoms with Crippen molar-refractivity contribution in [2.24, 2.45) is 5.73 Å². The van der Waals surface area contributed by atoms with Crippen molar-refractivity contribution in [1.29, 1.82) is 0 Å². The van der Waals surface area contributed by atoms with Gasteiger partial charge in [0.25, 0.3) is 0 Å². The van der Waals surface area contributed by atoms with E-state index in [1.54, 1.807) is 0 Å². The molecule has 2 unspecified atom stereocenters. The molecule has 0 heterocycles. The summed E-state index contributed by atoms with van der Waals surface area (Å²) in [5.74, 6) is 0. The van der Waals surface area contributed by atoms with E-state index in [1.165, 1.54) is 5.56 Å². The third-order valence-electron chi connectivity index (χ3n) is 3.28. The molecule has 0 saturated heterocycles. The highest BCUT2D eigenvalue weighted by atomic mass is 16.2. The van der Waals surface area contributed by atoms with Crippen LogP contribution in [0.3, 0.4) is 0 Å². The number of rotatable bonds is 6. The third kappa shape index (κ3) is 5.28. The zero-order chi connectivity index (χ0) is 14.4. The lowest BCUT2D eigenvalue weighted by Crippen LogP contribution is -2.36. The first-order chi connectivity index (χ1) is 8.90. The van der Waals surface area contributed by atoms with Crippen molar-refractivity contribution in [3.8, 4) is 0 Å². The molecule has 5 nitrogen and oxygen atoms in total. The van der Waals surface area contributed by atoms with Crippen molar-refractivity contribution < 1.29 is 4.79 Å². The largest absolute Gasteiger partial charge is 0.351 e. The topological polar surface area (TPSA) is 70.4 Å². The maximum absolute atomic E-state index is 10.7. The highest BCUT2D eigenvalue weighted by Gasteiger charge is 2.09. The summed E-state index contributed by atoms with van der Waals surface area (Å²) in [7, 11) is 4.14. The molecule has 1 aromatic rings. The molecule has 0 aromatic heterocycles. The van der Waals surface area contributed by atoms with Crippen LogP contribution in [0.1, 0.15) is 25.5 Å². The molecule has 2 atom stereocenters. The standard InChI is InChI=1S/C14H24N4O/c1-10(18(3)4)9-16-11(2)12-5-7-13(8-6-12)17-14(15)19/h5-8,10-11,16H,9H2,1-4H3,(H3,15,17,19). The van der Waals surface area contributed by atoms with Crippen molar-refractivity contribution in [2.45, 2.75) is 25.9 Å². The summed E-state index contributed by atoms with van der Waals surface area (Å²) in [5, 5.41) is 6.03. The Morgan fingerprint density at radius 2 is 1.84 bits per heavy atom. The molecule has 4 N–H and O–H groups in total. The normalized spacial score (nSPS) is 14.2. The predicted molar refractivity (Wildman–Crippen MR) is 79.2 cm³/mol. The van der Waals surface area contributed by atoms with Gasteiger partial charge in [0, 0.05) is 24.3 Å². The maximum atomic E-state index is 10.7. The van der Waals surface area contributed by atoms with Gasteiger partial charge in [0.1, 0.15) is 0 Å². The average molecular weight is 264 g/mol. The first-order valence-corrected chi connectivity index (χ1v) is 6.46. The molecule has 0 saturated carbocycles. The SMILES string of the molecule is CC(NCC(C)N(C)C)c1ccc(NC(N)=O)cc1. The van der Waals surface area contributed by atoms with E-state index in [4.69, 9.17) is 5.73 Å². The molecule has 1 rings (SSSR count). The van der Waals surface area contributed by atoms with Crippen molar-refractivity contribution in [3.05, 3.63) is 29.8 Å². The van der Waals surface area contributed by atoms with Gasteiger partial charge < -0.3 is 21.3 Å². The Bertz CT molecular complexity index is 402. The number of likely N-dealkylation sites (N-methyl/N-ethyl adjacent to an activating group) is 1. The van der Waals surface area contributed by atoms with Crippen LogP contribution in [0.25, 0.3) is 0 Å². The summed E-state index contributed by atoms with van der Waals surface area (Å²) in [6.07, 6.45) is 0. The van der Waals surface area contributed by atoms with Gasteiger partial charge in [-0.25, -0.2) is 4.79 Å². The second-order valence-electron chi connectivity index (χ2n) is 5.05. The molecule has 19 heavy (non-hydrogen) atoms. The van der Waals surface area contributed by atoms with E-state index in [0.29, 0.717) is 11.7 Å². The van der Waals surface area contributed by atoms with E-state index < -0.39 is 6.03 Å². The van der Waals surface area contributed by atoms with E-state index in [9.17, 15) is 4.79 Å². The Labute approximate surface area is 115 Å². The Morgan fingerprint density at radius 1 is 1.26 bits per heavy atom. The molecule has 0 aliphatic rings. The van der Waals surface area contributed by atoms with Crippen LogP contribution in [-0.2, 0) is 0 Å². The summed E-state index contributed by atoms with van der Waals surface area (Å²) in [6, 6.07) is 7.90. The molecule has 2 amide bonds. The van der Waals surface area contributed by atoms with Crippen LogP contribution in [0, 0.1) is 0 Å². The van der Waals surface area contributed by atoms with Gasteiger partial charge in [-0.1, -0.05) is 12.1 Å². The van der Waals surface area contributed by atoms with Crippen LogP contribution in [0.2, 0.25) is 0 Å². The Morgan fingerprint density at radius 3 is 2.32 bits per heavy atom. The van der Waals surface area contributed by atoms with Crippen LogP contribution in [0.4, 0.5) is 10.5 Å². The fourth-order valence-corrected chi connectivity index (χ4v) is 1.65. The van der Waals surface area contributed by atoms with Gasteiger partial charge in [0.15, 0.2) is 0 Å². The quantitative estimate of drug-likeness (QED) is 0.733. The third-order valence-corrected chi connectivity index (χ3v) is 3.28. The van der Waals surface area contributed by atoms with Gasteiger partial charge in [-0.3, -0.25) is 0 Å². The Kier molecular flexibility index (Phi) is 5.79. The summed E-state index contributed by atoms with van der Waals surface area (Å²) < 4.78 is 0. The number of amides is 2. The number of urea groups is 1. The highest BCUT2D eigenvalue weighted by molar-refractivity contribution is 5.87. The van der Waals surface area contributed by atoms with Crippen LogP contribution in [0.5, 0.6) is 0 Å². The highest BCUT2D eigenvalue weighted by Crippen LogP contribution is 2.16. The molecule has 0 spiro atoms. The number of nitrogens with two attached hydrogens (primary N) is 1. The van der Waals surface area contributed by atoms with Crippen LogP contribution < -0.4 is 16.4 Å². The molecule has 1 aromatic carbocycles. The average Bonchev–Trinajstić information content (AvgIpc) is 2.35. The predicted octanol–water partition coefficient (Wildman–Crippen LogP) is 1.78. The second-order valence-corrected chi connectivity index (χ2v) is 5.05. The summed E-state index contributed by atoms with van der Waals surface area (Å²) >= 11 is 0. The summed E-state index contributed by atoms with van der Waals surface area (Å²) in [5.41, 5.74) is 6.96. The molecule has 5 heteroatoms. The number of carbonyl (C=O) groups excluding carboxylic acids is 1. The number of nitrogens with zero attached hydrogens (tertiary/aromatic N) is 1. The molecule has 0 fully saturated rings. The minimum Gasteiger partial charge on any atom is -0.351 e. The van der Waals surface area contributed by atoms with Gasteiger partial charge in [0.2, 0.25) is 0 Å². The number of anilines is 1. The molecule has 0 aliphatic carbocycles. The number of nitrogens with one attached hydrogen (secondary N) is 2. The van der Waals surface area contributed by atoms with E-state index in [2.05, 4.69) is 43.5 Å². The first kappa shape index (κ1) is 15.5. The van der Waals surface area contributed by atoms with E-state index in [-0.39, 0.29) is 6.04 Å². The Balaban J connectivity index is 2.53. The van der Waals surface area contributed by atoms with Crippen molar-refractivity contribution in [1.82, 2.24) is 10.2 Å².